The number of carbonyl (C=O) groups is 1. The zero-order chi connectivity index (χ0) is 17.3. The minimum absolute atomic E-state index is 0.336. The van der Waals surface area contributed by atoms with Crippen molar-refractivity contribution in [3.8, 4) is 11.4 Å². The third-order valence-corrected chi connectivity index (χ3v) is 4.82. The smallest absolute Gasteiger partial charge is 0.342 e. The van der Waals surface area contributed by atoms with Crippen molar-refractivity contribution >= 4 is 39.4 Å². The maximum atomic E-state index is 11.9. The lowest BCUT2D eigenvalue weighted by molar-refractivity contribution is -0.133. The molecule has 0 saturated heterocycles. The van der Waals surface area contributed by atoms with Crippen LogP contribution in [0.15, 0.2) is 30.5 Å². The van der Waals surface area contributed by atoms with E-state index in [0.29, 0.717) is 26.3 Å². The van der Waals surface area contributed by atoms with Gasteiger partial charge < -0.3 is 9.47 Å². The molecule has 24 heavy (non-hydrogen) atoms. The number of nitrogens with zero attached hydrogens (tertiary/aromatic N) is 3. The summed E-state index contributed by atoms with van der Waals surface area (Å²) in [5.74, 6) is 0.130. The van der Waals surface area contributed by atoms with E-state index >= 15 is 0 Å². The summed E-state index contributed by atoms with van der Waals surface area (Å²) in [5.41, 5.74) is 2.00. The summed E-state index contributed by atoms with van der Waals surface area (Å²) < 4.78 is 11.5. The summed E-state index contributed by atoms with van der Waals surface area (Å²) in [6.07, 6.45) is 1.37. The first kappa shape index (κ1) is 16.5. The summed E-state index contributed by atoms with van der Waals surface area (Å²) in [6, 6.07) is 7.31. The standard InChI is InChI=1S/C16H14ClN3O3S/c1-9-13(12(8-22-2)15(21)23-3)24-16-18-14(19-20(9)16)10-4-6-11(17)7-5-10/h4-8H,1-3H3/b12-8+. The number of hydrogen-bond donors (Lipinski definition) is 0. The number of fused-ring (bicyclic) bond motifs is 1. The van der Waals surface area contributed by atoms with Crippen molar-refractivity contribution in [3.63, 3.8) is 0 Å². The van der Waals surface area contributed by atoms with E-state index in [1.807, 2.05) is 19.1 Å². The topological polar surface area (TPSA) is 65.7 Å². The second-order valence-electron chi connectivity index (χ2n) is 4.91. The number of esters is 1. The van der Waals surface area contributed by atoms with E-state index in [0.717, 1.165) is 11.3 Å². The molecule has 3 rings (SSSR count). The molecule has 0 bridgehead atoms. The van der Waals surface area contributed by atoms with Gasteiger partial charge in [-0.15, -0.1) is 5.10 Å². The average Bonchev–Trinajstić information content (AvgIpc) is 3.12. The molecule has 8 heteroatoms. The number of aryl methyl sites for hydroxylation is 1. The van der Waals surface area contributed by atoms with Crippen LogP contribution in [-0.4, -0.2) is 34.8 Å². The molecule has 0 amide bonds. The SMILES string of the molecule is CO/C=C(/C(=O)OC)c1sc2nc(-c3ccc(Cl)cc3)nn2c1C. The number of hydrogen-bond acceptors (Lipinski definition) is 6. The summed E-state index contributed by atoms with van der Waals surface area (Å²) in [5, 5.41) is 5.17. The van der Waals surface area contributed by atoms with Gasteiger partial charge in [0.1, 0.15) is 5.57 Å². The van der Waals surface area contributed by atoms with Crippen molar-refractivity contribution < 1.29 is 14.3 Å². The third kappa shape index (κ3) is 2.88. The van der Waals surface area contributed by atoms with Crippen LogP contribution >= 0.6 is 22.9 Å². The van der Waals surface area contributed by atoms with Crippen LogP contribution in [0.2, 0.25) is 5.02 Å². The highest BCUT2D eigenvalue weighted by Crippen LogP contribution is 2.31. The zero-order valence-corrected chi connectivity index (χ0v) is 14.8. The second-order valence-corrected chi connectivity index (χ2v) is 6.33. The lowest BCUT2D eigenvalue weighted by atomic mass is 10.2. The summed E-state index contributed by atoms with van der Waals surface area (Å²) in [7, 11) is 2.81. The van der Waals surface area contributed by atoms with Crippen molar-refractivity contribution in [1.82, 2.24) is 14.6 Å². The minimum atomic E-state index is -0.470. The lowest BCUT2D eigenvalue weighted by Gasteiger charge is -2.03. The van der Waals surface area contributed by atoms with Crippen LogP contribution in [0.25, 0.3) is 21.9 Å². The number of methoxy groups -OCH3 is 2. The predicted molar refractivity (Wildman–Crippen MR) is 93.0 cm³/mol. The molecule has 2 heterocycles. The molecular formula is C16H14ClN3O3S. The third-order valence-electron chi connectivity index (χ3n) is 3.41. The molecule has 0 radical (unpaired) electrons. The molecule has 124 valence electrons. The number of halogens is 1. The van der Waals surface area contributed by atoms with Gasteiger partial charge in [0.25, 0.3) is 0 Å². The van der Waals surface area contributed by atoms with E-state index in [1.165, 1.54) is 31.8 Å². The molecular weight excluding hydrogens is 350 g/mol. The Kier molecular flexibility index (Phi) is 4.55. The van der Waals surface area contributed by atoms with Crippen molar-refractivity contribution in [2.24, 2.45) is 0 Å². The molecule has 0 aliphatic carbocycles. The van der Waals surface area contributed by atoms with Gasteiger partial charge in [-0.05, 0) is 31.2 Å². The number of thiazole rings is 1. The van der Waals surface area contributed by atoms with Crippen molar-refractivity contribution in [2.45, 2.75) is 6.92 Å². The van der Waals surface area contributed by atoms with Gasteiger partial charge in [-0.1, -0.05) is 22.9 Å². The molecule has 2 aromatic heterocycles. The normalized spacial score (nSPS) is 11.8. The van der Waals surface area contributed by atoms with Gasteiger partial charge in [-0.25, -0.2) is 9.31 Å². The first-order chi connectivity index (χ1) is 11.5. The van der Waals surface area contributed by atoms with Gasteiger partial charge in [0, 0.05) is 10.6 Å². The van der Waals surface area contributed by atoms with Crippen LogP contribution in [0.5, 0.6) is 0 Å². The van der Waals surface area contributed by atoms with E-state index in [2.05, 4.69) is 10.1 Å². The first-order valence-corrected chi connectivity index (χ1v) is 8.18. The molecule has 0 atom stereocenters. The van der Waals surface area contributed by atoms with Gasteiger partial charge in [0.2, 0.25) is 4.96 Å². The van der Waals surface area contributed by atoms with Crippen LogP contribution in [-0.2, 0) is 14.3 Å². The largest absolute Gasteiger partial charge is 0.503 e. The molecule has 0 saturated carbocycles. The average molecular weight is 364 g/mol. The van der Waals surface area contributed by atoms with Crippen molar-refractivity contribution in [1.29, 1.82) is 0 Å². The maximum absolute atomic E-state index is 11.9. The monoisotopic (exact) mass is 363 g/mol. The molecule has 0 aliphatic heterocycles. The Morgan fingerprint density at radius 1 is 1.29 bits per heavy atom. The molecule has 0 spiro atoms. The Bertz CT molecular complexity index is 928. The molecule has 0 fully saturated rings. The van der Waals surface area contributed by atoms with Gasteiger partial charge in [-0.3, -0.25) is 0 Å². The van der Waals surface area contributed by atoms with E-state index < -0.39 is 5.97 Å². The van der Waals surface area contributed by atoms with Gasteiger partial charge in [-0.2, -0.15) is 4.98 Å². The fraction of sp³-hybridized carbons (Fsp3) is 0.188. The Morgan fingerprint density at radius 2 is 2.00 bits per heavy atom. The number of rotatable bonds is 4. The Labute approximate surface area is 147 Å². The first-order valence-electron chi connectivity index (χ1n) is 6.99. The fourth-order valence-electron chi connectivity index (χ4n) is 2.24. The van der Waals surface area contributed by atoms with Crippen molar-refractivity contribution in [2.75, 3.05) is 14.2 Å². The van der Waals surface area contributed by atoms with Crippen LogP contribution < -0.4 is 0 Å². The summed E-state index contributed by atoms with van der Waals surface area (Å²) in [6.45, 7) is 1.87. The molecule has 0 unspecified atom stereocenters. The Morgan fingerprint density at radius 3 is 2.58 bits per heavy atom. The van der Waals surface area contributed by atoms with Gasteiger partial charge >= 0.3 is 5.97 Å². The van der Waals surface area contributed by atoms with Crippen LogP contribution in [0, 0.1) is 6.92 Å². The molecule has 1 aromatic carbocycles. The molecule has 3 aromatic rings. The quantitative estimate of drug-likeness (QED) is 0.402. The number of carbonyl (C=O) groups excluding carboxylic acids is 1. The number of aromatic nitrogens is 3. The Balaban J connectivity index is 2.07. The fourth-order valence-corrected chi connectivity index (χ4v) is 3.42. The van der Waals surface area contributed by atoms with Gasteiger partial charge in [0.05, 0.1) is 31.1 Å². The van der Waals surface area contributed by atoms with E-state index in [9.17, 15) is 4.79 Å². The minimum Gasteiger partial charge on any atom is -0.503 e. The number of ether oxygens (including phenoxy) is 2. The van der Waals surface area contributed by atoms with Crippen molar-refractivity contribution in [3.05, 3.63) is 46.1 Å². The van der Waals surface area contributed by atoms with E-state index in [-0.39, 0.29) is 0 Å². The molecule has 6 nitrogen and oxygen atoms in total. The van der Waals surface area contributed by atoms with Crippen LogP contribution in [0.1, 0.15) is 10.6 Å². The molecule has 0 N–H and O–H groups in total. The highest BCUT2D eigenvalue weighted by molar-refractivity contribution is 7.18. The summed E-state index contributed by atoms with van der Waals surface area (Å²) >= 11 is 7.25. The number of benzene rings is 1. The van der Waals surface area contributed by atoms with E-state index in [4.69, 9.17) is 21.1 Å². The Hall–Kier alpha value is -2.38. The van der Waals surface area contributed by atoms with Crippen LogP contribution in [0.4, 0.5) is 0 Å². The van der Waals surface area contributed by atoms with E-state index in [1.54, 1.807) is 16.6 Å². The maximum Gasteiger partial charge on any atom is 0.342 e. The molecule has 0 aliphatic rings. The predicted octanol–water partition coefficient (Wildman–Crippen LogP) is 3.58. The highest BCUT2D eigenvalue weighted by Gasteiger charge is 2.22. The second kappa shape index (κ2) is 6.62. The van der Waals surface area contributed by atoms with Gasteiger partial charge in [0.15, 0.2) is 5.82 Å². The summed E-state index contributed by atoms with van der Waals surface area (Å²) in [4.78, 5) is 17.9. The zero-order valence-electron chi connectivity index (χ0n) is 13.2. The lowest BCUT2D eigenvalue weighted by Crippen LogP contribution is -2.05. The van der Waals surface area contributed by atoms with Crippen LogP contribution in [0.3, 0.4) is 0 Å². The highest BCUT2D eigenvalue weighted by atomic mass is 35.5.